The Morgan fingerprint density at radius 2 is 1.76 bits per heavy atom. The maximum atomic E-state index is 13.9. The Balaban J connectivity index is 1.72. The molecule has 0 radical (unpaired) electrons. The predicted molar refractivity (Wildman–Crippen MR) is 131 cm³/mol. The van der Waals surface area contributed by atoms with Crippen molar-refractivity contribution in [3.8, 4) is 5.69 Å². The van der Waals surface area contributed by atoms with Crippen LogP contribution in [0.5, 0.6) is 0 Å². The van der Waals surface area contributed by atoms with Crippen LogP contribution in [0.1, 0.15) is 48.2 Å². The van der Waals surface area contributed by atoms with Gasteiger partial charge in [-0.25, -0.2) is 9.59 Å². The first-order chi connectivity index (χ1) is 16.2. The monoisotopic (exact) mass is 478 g/mol. The lowest BCUT2D eigenvalue weighted by Gasteiger charge is -2.21. The quantitative estimate of drug-likeness (QED) is 0.373. The highest BCUT2D eigenvalue weighted by molar-refractivity contribution is 6.31. The SMILES string of the molecule is CC(C)(CF)c1ccc(-n2c(=O)n(C3(c4cccc(C(=O)O)c4)CC3)c3ccc(Cl)cc32)cc1. The van der Waals surface area contributed by atoms with Crippen LogP contribution in [-0.2, 0) is 11.0 Å². The van der Waals surface area contributed by atoms with Crippen LogP contribution in [0, 0.1) is 0 Å². The Bertz CT molecular complexity index is 1480. The number of hydrogen-bond acceptors (Lipinski definition) is 2. The summed E-state index contributed by atoms with van der Waals surface area (Å²) in [5, 5.41) is 9.97. The summed E-state index contributed by atoms with van der Waals surface area (Å²) in [6.45, 7) is 3.18. The molecule has 34 heavy (non-hydrogen) atoms. The number of rotatable bonds is 6. The lowest BCUT2D eigenvalue weighted by atomic mass is 9.86. The van der Waals surface area contributed by atoms with E-state index in [0.29, 0.717) is 16.2 Å². The first-order valence-corrected chi connectivity index (χ1v) is 11.5. The van der Waals surface area contributed by atoms with Gasteiger partial charge in [-0.15, -0.1) is 0 Å². The van der Waals surface area contributed by atoms with Crippen molar-refractivity contribution in [2.45, 2.75) is 37.6 Å². The first-order valence-electron chi connectivity index (χ1n) is 11.1. The molecule has 1 heterocycles. The molecule has 1 aliphatic carbocycles. The van der Waals surface area contributed by atoms with Crippen molar-refractivity contribution in [3.05, 3.63) is 98.9 Å². The van der Waals surface area contributed by atoms with Gasteiger partial charge in [0.05, 0.1) is 34.5 Å². The van der Waals surface area contributed by atoms with Gasteiger partial charge in [0.15, 0.2) is 0 Å². The molecule has 0 spiro atoms. The largest absolute Gasteiger partial charge is 0.478 e. The van der Waals surface area contributed by atoms with E-state index in [1.165, 1.54) is 0 Å². The van der Waals surface area contributed by atoms with Gasteiger partial charge in [-0.3, -0.25) is 13.5 Å². The lowest BCUT2D eigenvalue weighted by Crippen LogP contribution is -2.32. The third-order valence-corrected chi connectivity index (χ3v) is 7.08. The molecule has 3 aromatic carbocycles. The molecule has 1 saturated carbocycles. The van der Waals surface area contributed by atoms with E-state index >= 15 is 0 Å². The number of nitrogens with zero attached hydrogens (tertiary/aromatic N) is 2. The maximum absolute atomic E-state index is 13.9. The molecule has 5 nitrogen and oxygen atoms in total. The van der Waals surface area contributed by atoms with Crippen molar-refractivity contribution < 1.29 is 14.3 Å². The number of hydrogen-bond donors (Lipinski definition) is 1. The van der Waals surface area contributed by atoms with Crippen molar-refractivity contribution in [1.82, 2.24) is 9.13 Å². The second-order valence-corrected chi connectivity index (χ2v) is 10.0. The highest BCUT2D eigenvalue weighted by Crippen LogP contribution is 2.50. The molecule has 174 valence electrons. The zero-order chi connectivity index (χ0) is 24.3. The first kappa shape index (κ1) is 22.4. The summed E-state index contributed by atoms with van der Waals surface area (Å²) in [5.74, 6) is -1.00. The van der Waals surface area contributed by atoms with Crippen LogP contribution < -0.4 is 5.69 Å². The number of aromatic nitrogens is 2. The van der Waals surface area contributed by atoms with Gasteiger partial charge >= 0.3 is 11.7 Å². The van der Waals surface area contributed by atoms with Crippen molar-refractivity contribution in [3.63, 3.8) is 0 Å². The summed E-state index contributed by atoms with van der Waals surface area (Å²) in [6.07, 6.45) is 1.45. The van der Waals surface area contributed by atoms with Gasteiger partial charge in [-0.2, -0.15) is 0 Å². The van der Waals surface area contributed by atoms with Gasteiger partial charge in [0, 0.05) is 10.4 Å². The number of fused-ring (bicyclic) bond motifs is 1. The minimum atomic E-state index is -1.00. The number of carboxylic acid groups (broad SMARTS) is 1. The van der Waals surface area contributed by atoms with Gasteiger partial charge < -0.3 is 5.11 Å². The van der Waals surface area contributed by atoms with E-state index in [-0.39, 0.29) is 11.3 Å². The summed E-state index contributed by atoms with van der Waals surface area (Å²) in [5.41, 5.74) is 2.41. The van der Waals surface area contributed by atoms with Gasteiger partial charge in [0.2, 0.25) is 0 Å². The maximum Gasteiger partial charge on any atom is 0.335 e. The van der Waals surface area contributed by atoms with Crippen molar-refractivity contribution in [2.75, 3.05) is 6.67 Å². The zero-order valence-corrected chi connectivity index (χ0v) is 19.6. The average molecular weight is 479 g/mol. The zero-order valence-electron chi connectivity index (χ0n) is 18.9. The molecule has 0 saturated heterocycles. The van der Waals surface area contributed by atoms with E-state index in [2.05, 4.69) is 0 Å². The fourth-order valence-corrected chi connectivity index (χ4v) is 4.84. The summed E-state index contributed by atoms with van der Waals surface area (Å²) < 4.78 is 16.9. The molecule has 0 unspecified atom stereocenters. The van der Waals surface area contributed by atoms with Crippen molar-refractivity contribution in [2.24, 2.45) is 0 Å². The Hall–Kier alpha value is -3.38. The van der Waals surface area contributed by atoms with E-state index in [4.69, 9.17) is 11.6 Å². The van der Waals surface area contributed by atoms with Crippen LogP contribution in [0.25, 0.3) is 16.7 Å². The number of halogens is 2. The van der Waals surface area contributed by atoms with Gasteiger partial charge in [-0.1, -0.05) is 49.7 Å². The number of benzene rings is 3. The molecule has 0 atom stereocenters. The number of carbonyl (C=O) groups is 1. The topological polar surface area (TPSA) is 64.2 Å². The predicted octanol–water partition coefficient (Wildman–Crippen LogP) is 5.93. The Morgan fingerprint density at radius 3 is 2.38 bits per heavy atom. The number of carboxylic acids is 1. The van der Waals surface area contributed by atoms with Gasteiger partial charge in [-0.05, 0) is 66.4 Å². The molecule has 7 heteroatoms. The molecule has 0 bridgehead atoms. The third kappa shape index (κ3) is 3.44. The minimum Gasteiger partial charge on any atom is -0.478 e. The van der Waals surface area contributed by atoms with Gasteiger partial charge in [0.1, 0.15) is 0 Å². The van der Waals surface area contributed by atoms with Crippen LogP contribution in [0.15, 0.2) is 71.5 Å². The van der Waals surface area contributed by atoms with E-state index in [9.17, 15) is 19.1 Å². The minimum absolute atomic E-state index is 0.190. The van der Waals surface area contributed by atoms with Crippen LogP contribution in [-0.4, -0.2) is 26.9 Å². The Kier molecular flexibility index (Phi) is 5.17. The molecule has 0 amide bonds. The standard InChI is InChI=1S/C27H24ClFN2O3/c1-26(2,16-29)18-6-9-21(10-7-18)30-23-15-20(28)8-11-22(23)31(25(30)34)27(12-13-27)19-5-3-4-17(14-19)24(32)33/h3-11,14-15H,12-13,16H2,1-2H3,(H,32,33). The Morgan fingerprint density at radius 1 is 1.06 bits per heavy atom. The van der Waals surface area contributed by atoms with E-state index in [0.717, 1.165) is 29.5 Å². The number of aromatic carboxylic acids is 1. The normalized spacial score (nSPS) is 14.9. The molecule has 1 aromatic heterocycles. The van der Waals surface area contributed by atoms with E-state index in [1.807, 2.05) is 50.2 Å². The van der Waals surface area contributed by atoms with Gasteiger partial charge in [0.25, 0.3) is 0 Å². The number of imidazole rings is 1. The molecule has 1 aliphatic rings. The smallest absolute Gasteiger partial charge is 0.335 e. The molecule has 0 aliphatic heterocycles. The van der Waals surface area contributed by atoms with Crippen LogP contribution in [0.2, 0.25) is 5.02 Å². The average Bonchev–Trinajstić information content (AvgIpc) is 3.57. The molecule has 4 aromatic rings. The Labute approximate surface area is 201 Å². The summed E-state index contributed by atoms with van der Waals surface area (Å²) >= 11 is 6.31. The lowest BCUT2D eigenvalue weighted by molar-refractivity contribution is 0.0696. The molecule has 1 N–H and O–H groups in total. The van der Waals surface area contributed by atoms with Crippen molar-refractivity contribution >= 4 is 28.6 Å². The van der Waals surface area contributed by atoms with E-state index < -0.39 is 23.6 Å². The fourth-order valence-electron chi connectivity index (χ4n) is 4.67. The highest BCUT2D eigenvalue weighted by Gasteiger charge is 2.49. The summed E-state index contributed by atoms with van der Waals surface area (Å²) in [6, 6.07) is 19.5. The molecular weight excluding hydrogens is 455 g/mol. The van der Waals surface area contributed by atoms with E-state index in [1.54, 1.807) is 39.5 Å². The highest BCUT2D eigenvalue weighted by atomic mass is 35.5. The summed E-state index contributed by atoms with van der Waals surface area (Å²) in [7, 11) is 0. The van der Waals surface area contributed by atoms with Crippen LogP contribution >= 0.6 is 11.6 Å². The van der Waals surface area contributed by atoms with Crippen molar-refractivity contribution in [1.29, 1.82) is 0 Å². The van der Waals surface area contributed by atoms with Crippen LogP contribution in [0.3, 0.4) is 0 Å². The molecular formula is C27H24ClFN2O3. The second kappa shape index (κ2) is 7.84. The molecule has 1 fully saturated rings. The van der Waals surface area contributed by atoms with Crippen LogP contribution in [0.4, 0.5) is 4.39 Å². The molecule has 5 rings (SSSR count). The third-order valence-electron chi connectivity index (χ3n) is 6.84. The summed E-state index contributed by atoms with van der Waals surface area (Å²) in [4.78, 5) is 25.5. The second-order valence-electron chi connectivity index (χ2n) is 9.57. The fraction of sp³-hybridized carbons (Fsp3) is 0.259. The number of alkyl halides is 1.